The van der Waals surface area contributed by atoms with E-state index in [2.05, 4.69) is 0 Å². The van der Waals surface area contributed by atoms with Crippen LogP contribution in [-0.2, 0) is 9.53 Å². The Morgan fingerprint density at radius 1 is 1.08 bits per heavy atom. The van der Waals surface area contributed by atoms with Crippen LogP contribution in [0.25, 0.3) is 0 Å². The monoisotopic (exact) mass is 332 g/mol. The van der Waals surface area contributed by atoms with E-state index >= 15 is 0 Å². The van der Waals surface area contributed by atoms with Crippen LogP contribution in [0, 0.1) is 5.41 Å². The third-order valence-corrected chi connectivity index (χ3v) is 4.69. The van der Waals surface area contributed by atoms with Crippen LogP contribution in [0.3, 0.4) is 0 Å². The first kappa shape index (κ1) is 18.2. The summed E-state index contributed by atoms with van der Waals surface area (Å²) in [5, 5.41) is 0. The van der Waals surface area contributed by atoms with Crippen molar-refractivity contribution in [3.63, 3.8) is 0 Å². The van der Waals surface area contributed by atoms with Crippen molar-refractivity contribution in [3.05, 3.63) is 29.3 Å². The van der Waals surface area contributed by atoms with Crippen LogP contribution in [0.15, 0.2) is 18.2 Å². The van der Waals surface area contributed by atoms with Crippen molar-refractivity contribution >= 4 is 17.7 Å². The molecule has 2 rings (SSSR count). The Bertz CT molecular complexity index is 607. The zero-order valence-corrected chi connectivity index (χ0v) is 14.5. The second kappa shape index (κ2) is 7.60. The zero-order chi connectivity index (χ0) is 17.7. The van der Waals surface area contributed by atoms with Gasteiger partial charge in [-0.15, -0.1) is 0 Å². The van der Waals surface area contributed by atoms with Crippen LogP contribution >= 0.6 is 0 Å². The molecular weight excluding hydrogens is 308 g/mol. The highest BCUT2D eigenvalue weighted by Crippen LogP contribution is 2.38. The molecule has 0 saturated heterocycles. The largest absolute Gasteiger partial charge is 0.465 e. The number of ketones is 1. The average molecular weight is 332 g/mol. The molecule has 1 aliphatic carbocycles. The van der Waals surface area contributed by atoms with E-state index in [1.54, 1.807) is 19.1 Å². The van der Waals surface area contributed by atoms with Crippen molar-refractivity contribution < 1.29 is 23.9 Å². The number of hydrogen-bond acceptors (Lipinski definition) is 5. The molecule has 0 bridgehead atoms. The molecule has 0 spiro atoms. The van der Waals surface area contributed by atoms with Crippen LogP contribution in [0.2, 0.25) is 0 Å². The Balaban J connectivity index is 2.41. The van der Waals surface area contributed by atoms with Gasteiger partial charge < -0.3 is 9.47 Å². The molecular formula is C19H24O5. The van der Waals surface area contributed by atoms with E-state index < -0.39 is 11.4 Å². The van der Waals surface area contributed by atoms with Crippen LogP contribution in [0.5, 0.6) is 5.75 Å². The molecule has 0 unspecified atom stereocenters. The lowest BCUT2D eigenvalue weighted by atomic mass is 9.76. The quantitative estimate of drug-likeness (QED) is 0.464. The molecule has 24 heavy (non-hydrogen) atoms. The lowest BCUT2D eigenvalue weighted by Crippen LogP contribution is -2.34. The molecule has 0 aliphatic heterocycles. The van der Waals surface area contributed by atoms with Crippen molar-refractivity contribution in [2.45, 2.75) is 52.4 Å². The van der Waals surface area contributed by atoms with Gasteiger partial charge in [0.05, 0.1) is 18.1 Å². The Morgan fingerprint density at radius 2 is 1.71 bits per heavy atom. The number of carbonyl (C=O) groups excluding carboxylic acids is 3. The summed E-state index contributed by atoms with van der Waals surface area (Å²) < 4.78 is 10.4. The summed E-state index contributed by atoms with van der Waals surface area (Å²) in [5.41, 5.74) is -0.230. The van der Waals surface area contributed by atoms with Gasteiger partial charge in [0.2, 0.25) is 0 Å². The van der Waals surface area contributed by atoms with Gasteiger partial charge in [-0.3, -0.25) is 9.59 Å². The van der Waals surface area contributed by atoms with E-state index in [-0.39, 0.29) is 35.0 Å². The van der Waals surface area contributed by atoms with Crippen molar-refractivity contribution in [1.82, 2.24) is 0 Å². The standard InChI is InChI=1S/C19H24O5/c1-4-15(20)13-9-8-10-14(17(21)23-3)16(13)24-18(22)19(2)11-6-5-7-12-19/h8-10H,4-7,11-12H2,1-3H3. The van der Waals surface area contributed by atoms with Gasteiger partial charge in [-0.2, -0.15) is 0 Å². The molecule has 0 aromatic heterocycles. The molecule has 5 heteroatoms. The highest BCUT2D eigenvalue weighted by atomic mass is 16.5. The average Bonchev–Trinajstić information content (AvgIpc) is 2.61. The smallest absolute Gasteiger partial charge is 0.341 e. The van der Waals surface area contributed by atoms with Gasteiger partial charge in [0, 0.05) is 6.42 Å². The molecule has 1 aromatic rings. The summed E-state index contributed by atoms with van der Waals surface area (Å²) in [5.74, 6) is -1.17. The maximum Gasteiger partial charge on any atom is 0.341 e. The van der Waals surface area contributed by atoms with Gasteiger partial charge in [-0.25, -0.2) is 4.79 Å². The SMILES string of the molecule is CCC(=O)c1cccc(C(=O)OC)c1OC(=O)C1(C)CCCCC1. The van der Waals surface area contributed by atoms with E-state index in [1.165, 1.54) is 13.2 Å². The van der Waals surface area contributed by atoms with E-state index in [0.717, 1.165) is 32.1 Å². The summed E-state index contributed by atoms with van der Waals surface area (Å²) in [6.45, 7) is 3.61. The maximum atomic E-state index is 12.7. The number of para-hydroxylation sites is 1. The van der Waals surface area contributed by atoms with Gasteiger partial charge in [-0.1, -0.05) is 32.3 Å². The predicted octanol–water partition coefficient (Wildman–Crippen LogP) is 3.94. The molecule has 0 N–H and O–H groups in total. The highest BCUT2D eigenvalue weighted by Gasteiger charge is 2.37. The molecule has 1 saturated carbocycles. The third kappa shape index (κ3) is 3.66. The second-order valence-corrected chi connectivity index (χ2v) is 6.46. The minimum Gasteiger partial charge on any atom is -0.465 e. The molecule has 130 valence electrons. The van der Waals surface area contributed by atoms with Crippen molar-refractivity contribution in [2.75, 3.05) is 7.11 Å². The molecule has 1 aliphatic rings. The first-order valence-electron chi connectivity index (χ1n) is 8.39. The lowest BCUT2D eigenvalue weighted by Gasteiger charge is -2.31. The Labute approximate surface area is 142 Å². The van der Waals surface area contributed by atoms with Crippen LogP contribution in [-0.4, -0.2) is 24.8 Å². The van der Waals surface area contributed by atoms with Gasteiger partial charge in [0.15, 0.2) is 11.5 Å². The Morgan fingerprint density at radius 3 is 2.29 bits per heavy atom. The van der Waals surface area contributed by atoms with Crippen LogP contribution < -0.4 is 4.74 Å². The Hall–Kier alpha value is -2.17. The summed E-state index contributed by atoms with van der Waals surface area (Å²) in [6.07, 6.45) is 4.83. The maximum absolute atomic E-state index is 12.7. The molecule has 0 atom stereocenters. The number of rotatable bonds is 5. The van der Waals surface area contributed by atoms with Crippen LogP contribution in [0.4, 0.5) is 0 Å². The number of methoxy groups -OCH3 is 1. The molecule has 1 fully saturated rings. The van der Waals surface area contributed by atoms with Gasteiger partial charge in [0.1, 0.15) is 5.56 Å². The van der Waals surface area contributed by atoms with E-state index in [9.17, 15) is 14.4 Å². The lowest BCUT2D eigenvalue weighted by molar-refractivity contribution is -0.146. The van der Waals surface area contributed by atoms with Gasteiger partial charge >= 0.3 is 11.9 Å². The first-order valence-corrected chi connectivity index (χ1v) is 8.39. The predicted molar refractivity (Wildman–Crippen MR) is 89.2 cm³/mol. The van der Waals surface area contributed by atoms with E-state index in [1.807, 2.05) is 6.92 Å². The van der Waals surface area contributed by atoms with Crippen molar-refractivity contribution in [3.8, 4) is 5.75 Å². The zero-order valence-electron chi connectivity index (χ0n) is 14.5. The fourth-order valence-corrected chi connectivity index (χ4v) is 3.08. The fraction of sp³-hybridized carbons (Fsp3) is 0.526. The van der Waals surface area contributed by atoms with Crippen molar-refractivity contribution in [1.29, 1.82) is 0 Å². The van der Waals surface area contributed by atoms with Gasteiger partial charge in [0.25, 0.3) is 0 Å². The number of benzene rings is 1. The fourth-order valence-electron chi connectivity index (χ4n) is 3.08. The summed E-state index contributed by atoms with van der Waals surface area (Å²) in [7, 11) is 1.25. The van der Waals surface area contributed by atoms with Crippen LogP contribution in [0.1, 0.15) is 73.1 Å². The third-order valence-electron chi connectivity index (χ3n) is 4.69. The summed E-state index contributed by atoms with van der Waals surface area (Å²) >= 11 is 0. The molecule has 5 nitrogen and oxygen atoms in total. The van der Waals surface area contributed by atoms with Gasteiger partial charge in [-0.05, 0) is 31.9 Å². The second-order valence-electron chi connectivity index (χ2n) is 6.46. The molecule has 0 heterocycles. The summed E-state index contributed by atoms with van der Waals surface area (Å²) in [4.78, 5) is 36.9. The molecule has 0 radical (unpaired) electrons. The Kier molecular flexibility index (Phi) is 5.75. The minimum atomic E-state index is -0.627. The topological polar surface area (TPSA) is 69.7 Å². The van der Waals surface area contributed by atoms with E-state index in [4.69, 9.17) is 9.47 Å². The first-order chi connectivity index (χ1) is 11.4. The number of ether oxygens (including phenoxy) is 2. The number of hydrogen-bond donors (Lipinski definition) is 0. The summed E-state index contributed by atoms with van der Waals surface area (Å²) in [6, 6.07) is 4.67. The van der Waals surface area contributed by atoms with Crippen molar-refractivity contribution in [2.24, 2.45) is 5.41 Å². The minimum absolute atomic E-state index is 0.0213. The highest BCUT2D eigenvalue weighted by molar-refractivity contribution is 6.04. The number of carbonyl (C=O) groups is 3. The number of esters is 2. The molecule has 1 aromatic carbocycles. The normalized spacial score (nSPS) is 16.3. The molecule has 0 amide bonds. The number of Topliss-reactive ketones (excluding diaryl/α,β-unsaturated/α-hetero) is 1. The van der Waals surface area contributed by atoms with E-state index in [0.29, 0.717) is 0 Å².